The van der Waals surface area contributed by atoms with Crippen molar-refractivity contribution in [3.05, 3.63) is 60.2 Å². The van der Waals surface area contributed by atoms with Gasteiger partial charge in [-0.1, -0.05) is 18.2 Å². The summed E-state index contributed by atoms with van der Waals surface area (Å²) in [7, 11) is -3.67. The number of hydrogen-bond donors (Lipinski definition) is 2. The van der Waals surface area contributed by atoms with E-state index >= 15 is 0 Å². The summed E-state index contributed by atoms with van der Waals surface area (Å²) in [5, 5.41) is 2.54. The molecule has 10 heteroatoms. The predicted octanol–water partition coefficient (Wildman–Crippen LogP) is 2.57. The van der Waals surface area contributed by atoms with E-state index in [0.29, 0.717) is 0 Å². The molecule has 0 atom stereocenters. The summed E-state index contributed by atoms with van der Waals surface area (Å²) in [6.07, 6.45) is -4.47. The molecular formula is C18H19F3N2O4S. The highest BCUT2D eigenvalue weighted by molar-refractivity contribution is 7.89. The third kappa shape index (κ3) is 6.86. The first-order chi connectivity index (χ1) is 13.2. The second-order valence-electron chi connectivity index (χ2n) is 5.68. The molecule has 1 amide bonds. The lowest BCUT2D eigenvalue weighted by Gasteiger charge is -2.10. The molecule has 0 radical (unpaired) electrons. The van der Waals surface area contributed by atoms with Crippen molar-refractivity contribution in [2.24, 2.45) is 0 Å². The summed E-state index contributed by atoms with van der Waals surface area (Å²) in [5.74, 6) is -0.135. The first-order valence-electron chi connectivity index (χ1n) is 8.30. The lowest BCUT2D eigenvalue weighted by Crippen LogP contribution is -2.32. The van der Waals surface area contributed by atoms with Crippen molar-refractivity contribution in [2.45, 2.75) is 17.5 Å². The Balaban J connectivity index is 1.65. The average Bonchev–Trinajstić information content (AvgIpc) is 2.65. The number of amides is 1. The molecule has 0 aliphatic heterocycles. The molecule has 0 aliphatic carbocycles. The van der Waals surface area contributed by atoms with Gasteiger partial charge in [-0.15, -0.1) is 0 Å². The van der Waals surface area contributed by atoms with E-state index in [2.05, 4.69) is 10.0 Å². The van der Waals surface area contributed by atoms with Crippen LogP contribution in [-0.4, -0.2) is 34.0 Å². The molecular weight excluding hydrogens is 397 g/mol. The maximum absolute atomic E-state index is 12.5. The van der Waals surface area contributed by atoms with Gasteiger partial charge < -0.3 is 10.1 Å². The molecule has 0 aromatic heterocycles. The van der Waals surface area contributed by atoms with Crippen LogP contribution in [0.25, 0.3) is 0 Å². The Hall–Kier alpha value is -2.59. The largest absolute Gasteiger partial charge is 0.492 e. The van der Waals surface area contributed by atoms with E-state index in [4.69, 9.17) is 4.74 Å². The highest BCUT2D eigenvalue weighted by Gasteiger charge is 2.30. The Morgan fingerprint density at radius 2 is 1.61 bits per heavy atom. The van der Waals surface area contributed by atoms with Crippen LogP contribution in [0.2, 0.25) is 0 Å². The minimum atomic E-state index is -4.41. The van der Waals surface area contributed by atoms with Crippen molar-refractivity contribution in [1.29, 1.82) is 0 Å². The normalized spacial score (nSPS) is 11.8. The quantitative estimate of drug-likeness (QED) is 0.616. The summed E-state index contributed by atoms with van der Waals surface area (Å²) >= 11 is 0. The maximum atomic E-state index is 12.5. The van der Waals surface area contributed by atoms with Gasteiger partial charge in [-0.2, -0.15) is 13.2 Å². The Kier molecular flexibility index (Phi) is 7.41. The number of halogens is 3. The van der Waals surface area contributed by atoms with Crippen molar-refractivity contribution in [3.63, 3.8) is 0 Å². The molecule has 0 saturated carbocycles. The molecule has 0 saturated heterocycles. The number of rotatable bonds is 9. The van der Waals surface area contributed by atoms with Gasteiger partial charge in [-0.25, -0.2) is 13.1 Å². The molecule has 2 aromatic rings. The van der Waals surface area contributed by atoms with E-state index in [1.165, 1.54) is 24.3 Å². The molecule has 0 bridgehead atoms. The van der Waals surface area contributed by atoms with E-state index in [9.17, 15) is 26.4 Å². The minimum Gasteiger partial charge on any atom is -0.492 e. The summed E-state index contributed by atoms with van der Waals surface area (Å²) in [4.78, 5) is 11.8. The Morgan fingerprint density at radius 1 is 0.964 bits per heavy atom. The van der Waals surface area contributed by atoms with Crippen molar-refractivity contribution in [1.82, 2.24) is 10.0 Å². The minimum absolute atomic E-state index is 0.0623. The molecule has 28 heavy (non-hydrogen) atoms. The summed E-state index contributed by atoms with van der Waals surface area (Å²) < 4.78 is 68.9. The van der Waals surface area contributed by atoms with Gasteiger partial charge in [0.15, 0.2) is 0 Å². The third-order valence-electron chi connectivity index (χ3n) is 3.57. The third-order valence-corrected chi connectivity index (χ3v) is 5.05. The fourth-order valence-electron chi connectivity index (χ4n) is 2.17. The van der Waals surface area contributed by atoms with Crippen LogP contribution in [0.3, 0.4) is 0 Å². The van der Waals surface area contributed by atoms with Crippen LogP contribution in [0.4, 0.5) is 13.2 Å². The second kappa shape index (κ2) is 9.56. The Labute approximate surface area is 160 Å². The van der Waals surface area contributed by atoms with Crippen LogP contribution in [0.5, 0.6) is 5.75 Å². The van der Waals surface area contributed by atoms with Crippen LogP contribution in [0, 0.1) is 0 Å². The number of alkyl halides is 3. The molecule has 0 fully saturated rings. The SMILES string of the molecule is O=C(CCNS(=O)(=O)c1ccccc1)NCCOc1ccc(C(F)(F)F)cc1. The van der Waals surface area contributed by atoms with Crippen molar-refractivity contribution < 1.29 is 31.1 Å². The van der Waals surface area contributed by atoms with Gasteiger partial charge in [-0.05, 0) is 36.4 Å². The van der Waals surface area contributed by atoms with E-state index < -0.39 is 21.8 Å². The number of sulfonamides is 1. The molecule has 0 unspecified atom stereocenters. The van der Waals surface area contributed by atoms with Crippen LogP contribution in [0.1, 0.15) is 12.0 Å². The zero-order chi connectivity index (χ0) is 20.6. The maximum Gasteiger partial charge on any atom is 0.416 e. The van der Waals surface area contributed by atoms with Gasteiger partial charge in [0, 0.05) is 13.0 Å². The number of carbonyl (C=O) groups excluding carboxylic acids is 1. The van der Waals surface area contributed by atoms with Crippen molar-refractivity contribution in [2.75, 3.05) is 19.7 Å². The number of hydrogen-bond acceptors (Lipinski definition) is 4. The molecule has 152 valence electrons. The average molecular weight is 416 g/mol. The lowest BCUT2D eigenvalue weighted by molar-refractivity contribution is -0.137. The van der Waals surface area contributed by atoms with Gasteiger partial charge in [0.2, 0.25) is 15.9 Å². The fourth-order valence-corrected chi connectivity index (χ4v) is 3.22. The second-order valence-corrected chi connectivity index (χ2v) is 7.45. The number of ether oxygens (including phenoxy) is 1. The summed E-state index contributed by atoms with van der Waals surface area (Å²) in [6.45, 7) is 0.126. The van der Waals surface area contributed by atoms with Gasteiger partial charge >= 0.3 is 6.18 Å². The van der Waals surface area contributed by atoms with E-state index in [1.807, 2.05) is 0 Å². The molecule has 2 rings (SSSR count). The zero-order valence-electron chi connectivity index (χ0n) is 14.7. The van der Waals surface area contributed by atoms with Crippen LogP contribution in [-0.2, 0) is 21.0 Å². The van der Waals surface area contributed by atoms with E-state index in [-0.39, 0.29) is 42.7 Å². The number of nitrogens with one attached hydrogen (secondary N) is 2. The molecule has 0 aliphatic rings. The van der Waals surface area contributed by atoms with Crippen LogP contribution < -0.4 is 14.8 Å². The summed E-state index contributed by atoms with van der Waals surface area (Å²) in [5.41, 5.74) is -0.772. The number of benzene rings is 2. The highest BCUT2D eigenvalue weighted by Crippen LogP contribution is 2.30. The standard InChI is InChI=1S/C18H19F3N2O4S/c19-18(20,21)14-6-8-15(9-7-14)27-13-12-22-17(24)10-11-23-28(25,26)16-4-2-1-3-5-16/h1-9,23H,10-13H2,(H,22,24). The first kappa shape index (κ1) is 21.7. The first-order valence-corrected chi connectivity index (χ1v) is 9.78. The van der Waals surface area contributed by atoms with Gasteiger partial charge in [0.25, 0.3) is 0 Å². The Bertz CT molecular complexity index is 870. The highest BCUT2D eigenvalue weighted by atomic mass is 32.2. The van der Waals surface area contributed by atoms with Gasteiger partial charge in [-0.3, -0.25) is 4.79 Å². The fraction of sp³-hybridized carbons (Fsp3) is 0.278. The zero-order valence-corrected chi connectivity index (χ0v) is 15.5. The molecule has 2 N–H and O–H groups in total. The van der Waals surface area contributed by atoms with Crippen molar-refractivity contribution in [3.8, 4) is 5.75 Å². The molecule has 0 heterocycles. The van der Waals surface area contributed by atoms with Crippen LogP contribution in [0.15, 0.2) is 59.5 Å². The molecule has 0 spiro atoms. The smallest absolute Gasteiger partial charge is 0.416 e. The van der Waals surface area contributed by atoms with E-state index in [0.717, 1.165) is 12.1 Å². The van der Waals surface area contributed by atoms with Gasteiger partial charge in [0.1, 0.15) is 12.4 Å². The lowest BCUT2D eigenvalue weighted by atomic mass is 10.2. The molecule has 2 aromatic carbocycles. The Morgan fingerprint density at radius 3 is 2.21 bits per heavy atom. The van der Waals surface area contributed by atoms with Crippen molar-refractivity contribution >= 4 is 15.9 Å². The number of carbonyl (C=O) groups is 1. The molecule has 6 nitrogen and oxygen atoms in total. The monoisotopic (exact) mass is 416 g/mol. The van der Waals surface area contributed by atoms with Gasteiger partial charge in [0.05, 0.1) is 17.0 Å². The van der Waals surface area contributed by atoms with Crippen LogP contribution >= 0.6 is 0 Å². The van der Waals surface area contributed by atoms with E-state index in [1.54, 1.807) is 18.2 Å². The topological polar surface area (TPSA) is 84.5 Å². The summed E-state index contributed by atoms with van der Waals surface area (Å²) in [6, 6.07) is 12.0. The predicted molar refractivity (Wildman–Crippen MR) is 96.2 cm³/mol.